The van der Waals surface area contributed by atoms with Crippen molar-refractivity contribution >= 4 is 23.2 Å². The van der Waals surface area contributed by atoms with Crippen LogP contribution in [-0.4, -0.2) is 23.3 Å². The van der Waals surface area contributed by atoms with Crippen molar-refractivity contribution in [2.24, 2.45) is 11.6 Å². The Morgan fingerprint density at radius 2 is 2.06 bits per heavy atom. The van der Waals surface area contributed by atoms with Crippen LogP contribution in [0.15, 0.2) is 18.2 Å². The third-order valence-electron chi connectivity index (χ3n) is 2.04. The lowest BCUT2D eigenvalue weighted by atomic mass is 10.1. The molecule has 2 amide bonds. The number of hydrazine groups is 1. The number of nitro benzene ring substituents is 1. The van der Waals surface area contributed by atoms with Gasteiger partial charge in [0.2, 0.25) is 5.91 Å². The molecule has 0 saturated carbocycles. The highest BCUT2D eigenvalue weighted by molar-refractivity contribution is 6.01. The molecule has 0 aliphatic carbocycles. The molecule has 0 spiro atoms. The molecule has 0 aliphatic heterocycles. The lowest BCUT2D eigenvalue weighted by Gasteiger charge is -2.07. The largest absolute Gasteiger partial charge is 0.368 e. The van der Waals surface area contributed by atoms with Crippen LogP contribution in [0.4, 0.5) is 11.4 Å². The Bertz CT molecular complexity index is 502. The number of primary amides is 1. The summed E-state index contributed by atoms with van der Waals surface area (Å²) in [4.78, 5) is 32.3. The summed E-state index contributed by atoms with van der Waals surface area (Å²) >= 11 is 0. The molecule has 0 bridgehead atoms. The summed E-state index contributed by atoms with van der Waals surface area (Å²) in [6, 6.07) is 4.01. The fraction of sp³-hybridized carbons (Fsp3) is 0.111. The van der Waals surface area contributed by atoms with Crippen molar-refractivity contribution < 1.29 is 14.5 Å². The van der Waals surface area contributed by atoms with E-state index in [-0.39, 0.29) is 11.3 Å². The SMILES string of the molecule is NNc1cccc(C(=O)NCC(N)=O)c1[N+](=O)[O-]. The number of carbonyl (C=O) groups is 2. The molecule has 6 N–H and O–H groups in total. The van der Waals surface area contributed by atoms with Gasteiger partial charge < -0.3 is 16.5 Å². The van der Waals surface area contributed by atoms with Crippen molar-refractivity contribution in [1.29, 1.82) is 0 Å². The average Bonchev–Trinajstić information content (AvgIpc) is 2.34. The summed E-state index contributed by atoms with van der Waals surface area (Å²) in [5, 5.41) is 13.0. The van der Waals surface area contributed by atoms with Gasteiger partial charge >= 0.3 is 5.69 Å². The number of para-hydroxylation sites is 1. The summed E-state index contributed by atoms with van der Waals surface area (Å²) in [6.45, 7) is -0.406. The van der Waals surface area contributed by atoms with Crippen molar-refractivity contribution in [3.05, 3.63) is 33.9 Å². The lowest BCUT2D eigenvalue weighted by Crippen LogP contribution is -2.33. The van der Waals surface area contributed by atoms with E-state index in [0.29, 0.717) is 0 Å². The van der Waals surface area contributed by atoms with Crippen molar-refractivity contribution in [3.8, 4) is 0 Å². The lowest BCUT2D eigenvalue weighted by molar-refractivity contribution is -0.384. The van der Waals surface area contributed by atoms with Crippen LogP contribution in [0.3, 0.4) is 0 Å². The molecule has 1 aromatic rings. The smallest absolute Gasteiger partial charge is 0.306 e. The number of rotatable bonds is 5. The number of benzene rings is 1. The molecule has 0 aromatic heterocycles. The summed E-state index contributed by atoms with van der Waals surface area (Å²) in [6.07, 6.45) is 0. The van der Waals surface area contributed by atoms with Crippen LogP contribution in [0, 0.1) is 10.1 Å². The number of nitrogens with one attached hydrogen (secondary N) is 2. The third kappa shape index (κ3) is 2.92. The minimum atomic E-state index is -0.780. The normalized spacial score (nSPS) is 9.61. The predicted octanol–water partition coefficient (Wildman–Crippen LogP) is -0.904. The van der Waals surface area contributed by atoms with Gasteiger partial charge in [0.05, 0.1) is 11.5 Å². The van der Waals surface area contributed by atoms with Crippen LogP contribution in [0.25, 0.3) is 0 Å². The number of nitrogen functional groups attached to an aromatic ring is 1. The molecule has 96 valence electrons. The Morgan fingerprint density at radius 1 is 1.39 bits per heavy atom. The highest BCUT2D eigenvalue weighted by atomic mass is 16.6. The standard InChI is InChI=1S/C9H11N5O4/c10-7(15)4-12-9(16)5-2-1-3-6(13-11)8(5)14(17)18/h1-3,13H,4,11H2,(H2,10,15)(H,12,16). The van der Waals surface area contributed by atoms with Gasteiger partial charge in [-0.2, -0.15) is 0 Å². The molecule has 9 nitrogen and oxygen atoms in total. The van der Waals surface area contributed by atoms with Gasteiger partial charge in [0, 0.05) is 0 Å². The molecule has 18 heavy (non-hydrogen) atoms. The van der Waals surface area contributed by atoms with Crippen LogP contribution >= 0.6 is 0 Å². The topological polar surface area (TPSA) is 153 Å². The fourth-order valence-electron chi connectivity index (χ4n) is 1.30. The number of carbonyl (C=O) groups excluding carboxylic acids is 2. The van der Waals surface area contributed by atoms with E-state index in [4.69, 9.17) is 11.6 Å². The maximum absolute atomic E-state index is 11.7. The first-order chi connectivity index (χ1) is 8.47. The Morgan fingerprint density at radius 3 is 2.56 bits per heavy atom. The van der Waals surface area contributed by atoms with E-state index in [2.05, 4.69) is 10.7 Å². The van der Waals surface area contributed by atoms with Crippen LogP contribution in [0.5, 0.6) is 0 Å². The van der Waals surface area contributed by atoms with E-state index in [1.165, 1.54) is 18.2 Å². The number of hydrogen-bond acceptors (Lipinski definition) is 6. The summed E-state index contributed by atoms with van der Waals surface area (Å²) in [5.74, 6) is 3.59. The van der Waals surface area contributed by atoms with Gasteiger partial charge in [0.25, 0.3) is 5.91 Å². The molecule has 0 unspecified atom stereocenters. The Hall–Kier alpha value is -2.68. The van der Waals surface area contributed by atoms with Crippen LogP contribution in [-0.2, 0) is 4.79 Å². The number of nitrogens with two attached hydrogens (primary N) is 2. The summed E-state index contributed by atoms with van der Waals surface area (Å²) < 4.78 is 0. The molecule has 0 saturated heterocycles. The van der Waals surface area contributed by atoms with Crippen LogP contribution < -0.4 is 22.3 Å². The summed E-state index contributed by atoms with van der Waals surface area (Å²) in [7, 11) is 0. The molecule has 0 fully saturated rings. The van der Waals surface area contributed by atoms with Crippen molar-refractivity contribution in [1.82, 2.24) is 5.32 Å². The molecule has 1 rings (SSSR count). The zero-order chi connectivity index (χ0) is 13.7. The maximum atomic E-state index is 11.7. The molecule has 9 heteroatoms. The van der Waals surface area contributed by atoms with Crippen molar-refractivity contribution in [2.75, 3.05) is 12.0 Å². The molecule has 1 aromatic carbocycles. The Balaban J connectivity index is 3.11. The van der Waals surface area contributed by atoms with E-state index >= 15 is 0 Å². The molecule has 0 heterocycles. The maximum Gasteiger partial charge on any atom is 0.306 e. The van der Waals surface area contributed by atoms with Gasteiger partial charge in [-0.05, 0) is 12.1 Å². The number of amides is 2. The average molecular weight is 253 g/mol. The number of hydrogen-bond donors (Lipinski definition) is 4. The van der Waals surface area contributed by atoms with E-state index in [1.807, 2.05) is 0 Å². The molecule has 0 atom stereocenters. The minimum Gasteiger partial charge on any atom is -0.368 e. The number of nitrogens with zero attached hydrogens (tertiary/aromatic N) is 1. The highest BCUT2D eigenvalue weighted by Gasteiger charge is 2.24. The summed E-state index contributed by atoms with van der Waals surface area (Å²) in [5.41, 5.74) is 6.29. The van der Waals surface area contributed by atoms with Gasteiger partial charge in [-0.1, -0.05) is 6.07 Å². The van der Waals surface area contributed by atoms with E-state index in [9.17, 15) is 19.7 Å². The second kappa shape index (κ2) is 5.59. The van der Waals surface area contributed by atoms with Gasteiger partial charge in [0.1, 0.15) is 11.3 Å². The van der Waals surface area contributed by atoms with E-state index in [0.717, 1.165) is 0 Å². The zero-order valence-electron chi connectivity index (χ0n) is 9.17. The van der Waals surface area contributed by atoms with E-state index in [1.54, 1.807) is 0 Å². The monoisotopic (exact) mass is 253 g/mol. The van der Waals surface area contributed by atoms with Gasteiger partial charge in [0.15, 0.2) is 0 Å². The first-order valence-corrected chi connectivity index (χ1v) is 4.78. The molecule has 0 radical (unpaired) electrons. The van der Waals surface area contributed by atoms with Crippen molar-refractivity contribution in [2.45, 2.75) is 0 Å². The van der Waals surface area contributed by atoms with Gasteiger partial charge in [-0.3, -0.25) is 25.5 Å². The second-order valence-corrected chi connectivity index (χ2v) is 3.25. The molecular weight excluding hydrogens is 242 g/mol. The Labute approximate surface area is 101 Å². The van der Waals surface area contributed by atoms with Crippen LogP contribution in [0.2, 0.25) is 0 Å². The first-order valence-electron chi connectivity index (χ1n) is 4.78. The van der Waals surface area contributed by atoms with Crippen LogP contribution in [0.1, 0.15) is 10.4 Å². The molecule has 0 aliphatic rings. The van der Waals surface area contributed by atoms with Gasteiger partial charge in [-0.25, -0.2) is 0 Å². The number of nitro groups is 1. The second-order valence-electron chi connectivity index (χ2n) is 3.25. The predicted molar refractivity (Wildman–Crippen MR) is 62.4 cm³/mol. The Kier molecular flexibility index (Phi) is 4.16. The number of anilines is 1. The highest BCUT2D eigenvalue weighted by Crippen LogP contribution is 2.27. The third-order valence-corrected chi connectivity index (χ3v) is 2.04. The van der Waals surface area contributed by atoms with Gasteiger partial charge in [-0.15, -0.1) is 0 Å². The minimum absolute atomic E-state index is 0.00766. The fourth-order valence-corrected chi connectivity index (χ4v) is 1.30. The van der Waals surface area contributed by atoms with E-state index < -0.39 is 29.0 Å². The van der Waals surface area contributed by atoms with Crippen molar-refractivity contribution in [3.63, 3.8) is 0 Å². The molecular formula is C9H11N5O4. The quantitative estimate of drug-likeness (QED) is 0.303. The first kappa shape index (κ1) is 13.4. The zero-order valence-corrected chi connectivity index (χ0v) is 9.17.